The molecule has 7 atom stereocenters. The normalized spacial score (nSPS) is 13.4. The van der Waals surface area contributed by atoms with Crippen molar-refractivity contribution in [2.45, 2.75) is 158 Å². The number of nitrogens with one attached hydrogen (secondary N) is 10. The Morgan fingerprint density at radius 1 is 0.470 bits per heavy atom. The minimum Gasteiger partial charge on any atom is -0.494 e. The number of aliphatic hydroxyl groups is 4. The molecule has 0 spiro atoms. The Kier molecular flexibility index (Phi) is 38.9. The number of aliphatic carboxylic acids is 1. The zero-order valence-electron chi connectivity index (χ0n) is 46.8. The van der Waals surface area contributed by atoms with E-state index in [1.54, 1.807) is 12.1 Å². The maximum Gasteiger partial charge on any atom is 0.335 e. The second-order valence-corrected chi connectivity index (χ2v) is 19.6. The fraction of sp³-hybridized carbons (Fsp3) is 0.654. The molecule has 1 unspecified atom stereocenters. The molecule has 30 nitrogen and oxygen atoms in total. The average Bonchev–Trinajstić information content (AvgIpc) is 3.48. The first kappa shape index (κ1) is 74.0. The number of hydrogen-bond donors (Lipinski definition) is 18. The van der Waals surface area contributed by atoms with E-state index in [-0.39, 0.29) is 42.7 Å². The van der Waals surface area contributed by atoms with Gasteiger partial charge in [-0.15, -0.1) is 0 Å². The van der Waals surface area contributed by atoms with E-state index in [2.05, 4.69) is 65.4 Å². The zero-order valence-corrected chi connectivity index (χ0v) is 47.6. The minimum absolute atomic E-state index is 0.0347. The standard InChI is InChI=1S/C52H85N11O19S/c1-32(68)36(63-83)15-10-12-24-55-46(73)35(53)14-9-11-23-54-44(71)26-56-47(74)38(28-64)62-50(77)41(31-67)60-45(72)27-57-48(75)39(29-65)61-49(76)40(30-66)59-43(70)22-21-37(52(80)81)58-42(69)16-8-6-4-2-3-5-7-13-25-82-34-19-17-33(18-20-34)51(78)79/h17-20,35-41,63-67,83H,2-16,21-31,53H2,1H3,(H,54,71)(H,55,73)(H,56,74)(H,57,75)(H,58,69)(H,59,70)(H,60,72)(H,61,76)(H,62,77)(H,78,79)(H,80,81)/t35-,36-,37?,38-,39-,40-,41-/m0/s1. The number of rotatable bonds is 47. The first-order chi connectivity index (χ1) is 39.6. The monoisotopic (exact) mass is 1200 g/mol. The highest BCUT2D eigenvalue weighted by molar-refractivity contribution is 7.78. The average molecular weight is 1200 g/mol. The summed E-state index contributed by atoms with van der Waals surface area (Å²) < 4.78 is 8.26. The van der Waals surface area contributed by atoms with Crippen molar-refractivity contribution in [2.24, 2.45) is 5.73 Å². The molecule has 0 aliphatic rings. The van der Waals surface area contributed by atoms with Crippen LogP contribution in [0, 0.1) is 0 Å². The fourth-order valence-corrected chi connectivity index (χ4v) is 7.94. The second kappa shape index (κ2) is 43.6. The molecule has 0 saturated heterocycles. The summed E-state index contributed by atoms with van der Waals surface area (Å²) in [6.45, 7) is -2.98. The number of carboxylic acids is 2. The molecule has 1 aromatic rings. The second-order valence-electron chi connectivity index (χ2n) is 19.3. The first-order valence-electron chi connectivity index (χ1n) is 27.5. The summed E-state index contributed by atoms with van der Waals surface area (Å²) in [6, 6.07) is -3.25. The van der Waals surface area contributed by atoms with Gasteiger partial charge in [0.05, 0.1) is 63.8 Å². The summed E-state index contributed by atoms with van der Waals surface area (Å²) in [5.41, 5.74) is 6.13. The number of aromatic carboxylic acids is 1. The van der Waals surface area contributed by atoms with E-state index in [0.717, 1.165) is 44.9 Å². The summed E-state index contributed by atoms with van der Waals surface area (Å²) in [5, 5.41) is 78.2. The molecule has 0 aliphatic heterocycles. The van der Waals surface area contributed by atoms with Crippen molar-refractivity contribution in [3.63, 3.8) is 0 Å². The van der Waals surface area contributed by atoms with E-state index < -0.39 is 141 Å². The predicted molar refractivity (Wildman–Crippen MR) is 300 cm³/mol. The third-order valence-electron chi connectivity index (χ3n) is 12.6. The Labute approximate surface area is 486 Å². The Hall–Kier alpha value is -7.03. The summed E-state index contributed by atoms with van der Waals surface area (Å²) in [7, 11) is 0. The van der Waals surface area contributed by atoms with Gasteiger partial charge in [0.2, 0.25) is 53.2 Å². The van der Waals surface area contributed by atoms with Crippen LogP contribution in [0.3, 0.4) is 0 Å². The highest BCUT2D eigenvalue weighted by Crippen LogP contribution is 2.15. The maximum absolute atomic E-state index is 12.9. The van der Waals surface area contributed by atoms with Crippen molar-refractivity contribution in [3.05, 3.63) is 29.8 Å². The smallest absolute Gasteiger partial charge is 0.335 e. The molecule has 468 valence electrons. The molecule has 0 saturated carbocycles. The largest absolute Gasteiger partial charge is 0.494 e. The molecule has 18 N–H and O–H groups in total. The number of benzene rings is 1. The van der Waals surface area contributed by atoms with Crippen LogP contribution in [0.25, 0.3) is 0 Å². The fourth-order valence-electron chi connectivity index (χ4n) is 7.63. The first-order valence-corrected chi connectivity index (χ1v) is 27.9. The number of carbonyl (C=O) groups excluding carboxylic acids is 10. The van der Waals surface area contributed by atoms with Gasteiger partial charge in [-0.1, -0.05) is 51.3 Å². The molecule has 0 aliphatic carbocycles. The SMILES string of the molecule is CC(=O)[C@H](CCCCNC(=O)[C@@H](N)CCCCNC(=O)CNC(=O)[C@H](CO)NC(=O)[C@H](CO)NC(=O)CNC(=O)[C@H](CO)NC(=O)[C@H](CO)NC(=O)CCC(NC(=O)CCCCCCCCCCOc1ccc(C(=O)O)cc1)C(=O)O)NS. The molecule has 0 aromatic heterocycles. The number of ketones is 1. The molecule has 0 fully saturated rings. The number of carboxylic acid groups (broad SMARTS) is 2. The van der Waals surface area contributed by atoms with Crippen LogP contribution in [0.4, 0.5) is 0 Å². The van der Waals surface area contributed by atoms with Crippen LogP contribution >= 0.6 is 12.8 Å². The number of Topliss-reactive ketones (excluding diaryl/α,β-unsaturated/α-hetero) is 1. The molecular formula is C52H85N11O19S. The van der Waals surface area contributed by atoms with Crippen LogP contribution in [-0.2, 0) is 52.7 Å². The van der Waals surface area contributed by atoms with Gasteiger partial charge < -0.3 is 89.0 Å². The van der Waals surface area contributed by atoms with Crippen molar-refractivity contribution in [2.75, 3.05) is 59.2 Å². The third kappa shape index (κ3) is 33.0. The Bertz CT molecular complexity index is 2230. The number of aliphatic hydroxyl groups excluding tert-OH is 4. The van der Waals surface area contributed by atoms with Gasteiger partial charge in [0, 0.05) is 25.9 Å². The van der Waals surface area contributed by atoms with Crippen LogP contribution in [0.1, 0.15) is 126 Å². The van der Waals surface area contributed by atoms with Crippen LogP contribution in [0.15, 0.2) is 24.3 Å². The van der Waals surface area contributed by atoms with Crippen molar-refractivity contribution in [3.8, 4) is 5.75 Å². The van der Waals surface area contributed by atoms with Crippen LogP contribution in [0.5, 0.6) is 5.75 Å². The molecule has 0 heterocycles. The van der Waals surface area contributed by atoms with Gasteiger partial charge in [-0.25, -0.2) is 9.59 Å². The van der Waals surface area contributed by atoms with Crippen LogP contribution in [-0.4, -0.2) is 203 Å². The Balaban J connectivity index is 2.40. The minimum atomic E-state index is -1.76. The van der Waals surface area contributed by atoms with Gasteiger partial charge in [0.15, 0.2) is 0 Å². The highest BCUT2D eigenvalue weighted by Gasteiger charge is 2.30. The van der Waals surface area contributed by atoms with Gasteiger partial charge in [-0.2, -0.15) is 0 Å². The van der Waals surface area contributed by atoms with E-state index in [4.69, 9.17) is 15.6 Å². The van der Waals surface area contributed by atoms with Gasteiger partial charge in [-0.05, 0) is 89.0 Å². The van der Waals surface area contributed by atoms with E-state index in [9.17, 15) is 83.1 Å². The highest BCUT2D eigenvalue weighted by atomic mass is 32.1. The van der Waals surface area contributed by atoms with E-state index in [1.165, 1.54) is 19.1 Å². The van der Waals surface area contributed by atoms with Gasteiger partial charge in [-0.3, -0.25) is 52.7 Å². The number of amides is 9. The van der Waals surface area contributed by atoms with Gasteiger partial charge >= 0.3 is 11.9 Å². The summed E-state index contributed by atoms with van der Waals surface area (Å²) in [4.78, 5) is 148. The predicted octanol–water partition coefficient (Wildman–Crippen LogP) is -3.94. The molecule has 0 bridgehead atoms. The lowest BCUT2D eigenvalue weighted by Crippen LogP contribution is -2.58. The van der Waals surface area contributed by atoms with Crippen LogP contribution in [0.2, 0.25) is 0 Å². The quantitative estimate of drug-likeness (QED) is 0.0219. The summed E-state index contributed by atoms with van der Waals surface area (Å²) in [6.07, 6.45) is 9.09. The zero-order chi connectivity index (χ0) is 62.1. The number of thiol groups is 1. The summed E-state index contributed by atoms with van der Waals surface area (Å²) >= 11 is 3.93. The lowest BCUT2D eigenvalue weighted by Gasteiger charge is -2.22. The molecule has 31 heteroatoms. The van der Waals surface area contributed by atoms with Crippen molar-refractivity contribution < 1.29 is 92.9 Å². The number of nitrogens with two attached hydrogens (primary N) is 1. The maximum atomic E-state index is 12.9. The van der Waals surface area contributed by atoms with E-state index in [0.29, 0.717) is 63.8 Å². The van der Waals surface area contributed by atoms with E-state index >= 15 is 0 Å². The number of ether oxygens (including phenoxy) is 1. The summed E-state index contributed by atoms with van der Waals surface area (Å²) in [5.74, 6) is -9.83. The molecule has 83 heavy (non-hydrogen) atoms. The topological polar surface area (TPSA) is 482 Å². The van der Waals surface area contributed by atoms with Gasteiger partial charge in [0.25, 0.3) is 0 Å². The lowest BCUT2D eigenvalue weighted by atomic mass is 10.1. The van der Waals surface area contributed by atoms with Gasteiger partial charge in [0.1, 0.15) is 41.7 Å². The Morgan fingerprint density at radius 2 is 0.928 bits per heavy atom. The molecule has 1 aromatic carbocycles. The van der Waals surface area contributed by atoms with Crippen molar-refractivity contribution >= 4 is 83.7 Å². The molecule has 9 amide bonds. The lowest BCUT2D eigenvalue weighted by molar-refractivity contribution is -0.142. The number of unbranched alkanes of at least 4 members (excludes halogenated alkanes) is 9. The molecule has 0 radical (unpaired) electrons. The molecular weight excluding hydrogens is 1110 g/mol. The Morgan fingerprint density at radius 3 is 1.43 bits per heavy atom. The number of hydrogen-bond acceptors (Lipinski definition) is 20. The number of carbonyl (C=O) groups is 12. The van der Waals surface area contributed by atoms with E-state index in [1.807, 2.05) is 0 Å². The van der Waals surface area contributed by atoms with Crippen molar-refractivity contribution in [1.29, 1.82) is 0 Å². The van der Waals surface area contributed by atoms with Crippen molar-refractivity contribution in [1.82, 2.24) is 52.6 Å². The molecule has 1 rings (SSSR count). The van der Waals surface area contributed by atoms with Crippen LogP contribution < -0.4 is 63.0 Å². The third-order valence-corrected chi connectivity index (χ3v) is 12.9.